The van der Waals surface area contributed by atoms with E-state index < -0.39 is 0 Å². The summed E-state index contributed by atoms with van der Waals surface area (Å²) in [7, 11) is 0. The van der Waals surface area contributed by atoms with E-state index in [9.17, 15) is 4.79 Å². The van der Waals surface area contributed by atoms with E-state index in [1.807, 2.05) is 13.8 Å². The van der Waals surface area contributed by atoms with E-state index in [0.717, 1.165) is 42.4 Å². The Labute approximate surface area is 191 Å². The van der Waals surface area contributed by atoms with Gasteiger partial charge in [-0.15, -0.1) is 0 Å². The number of rotatable bonds is 13. The van der Waals surface area contributed by atoms with Crippen molar-refractivity contribution in [2.24, 2.45) is 29.6 Å². The second-order valence-corrected chi connectivity index (χ2v) is 10.4. The van der Waals surface area contributed by atoms with Gasteiger partial charge in [0, 0.05) is 6.42 Å². The highest BCUT2D eigenvalue weighted by Gasteiger charge is 2.37. The van der Waals surface area contributed by atoms with Gasteiger partial charge in [0.1, 0.15) is 0 Å². The van der Waals surface area contributed by atoms with Crippen molar-refractivity contribution in [3.05, 3.63) is 48.0 Å². The maximum atomic E-state index is 11.6. The first-order chi connectivity index (χ1) is 14.9. The molecule has 0 radical (unpaired) electrons. The molecule has 1 fully saturated rings. The van der Waals surface area contributed by atoms with Gasteiger partial charge in [-0.2, -0.15) is 0 Å². The van der Waals surface area contributed by atoms with Crippen LogP contribution in [0.3, 0.4) is 0 Å². The zero-order valence-electron chi connectivity index (χ0n) is 20.7. The predicted molar refractivity (Wildman–Crippen MR) is 132 cm³/mol. The quantitative estimate of drug-likeness (QED) is 0.181. The van der Waals surface area contributed by atoms with Gasteiger partial charge in [0.05, 0.1) is 6.10 Å². The third-order valence-electron chi connectivity index (χ3n) is 7.21. The zero-order valence-corrected chi connectivity index (χ0v) is 20.7. The Morgan fingerprint density at radius 2 is 1.74 bits per heavy atom. The molecule has 0 unspecified atom stereocenters. The molecular weight excluding hydrogens is 380 g/mol. The molecule has 2 nitrogen and oxygen atoms in total. The minimum Gasteiger partial charge on any atom is -0.463 e. The van der Waals surface area contributed by atoms with Crippen LogP contribution in [0.1, 0.15) is 91.5 Å². The summed E-state index contributed by atoms with van der Waals surface area (Å²) in [5.74, 6) is 4.08. The molecule has 0 aliphatic heterocycles. The van der Waals surface area contributed by atoms with E-state index in [1.165, 1.54) is 44.1 Å². The first kappa shape index (κ1) is 25.7. The van der Waals surface area contributed by atoms with E-state index >= 15 is 0 Å². The van der Waals surface area contributed by atoms with Gasteiger partial charge in [-0.3, -0.25) is 4.79 Å². The van der Waals surface area contributed by atoms with Crippen LogP contribution < -0.4 is 0 Å². The first-order valence-corrected chi connectivity index (χ1v) is 12.7. The van der Waals surface area contributed by atoms with Crippen LogP contribution in [0.4, 0.5) is 0 Å². The summed E-state index contributed by atoms with van der Waals surface area (Å²) < 4.78 is 5.20. The summed E-state index contributed by atoms with van der Waals surface area (Å²) in [6.07, 6.45) is 14.9. The molecule has 1 aliphatic carbocycles. The van der Waals surface area contributed by atoms with Crippen molar-refractivity contribution in [1.29, 1.82) is 0 Å². The van der Waals surface area contributed by atoms with Gasteiger partial charge in [0.15, 0.2) is 0 Å². The molecule has 1 saturated carbocycles. The van der Waals surface area contributed by atoms with E-state index in [4.69, 9.17) is 4.74 Å². The second kappa shape index (κ2) is 13.8. The second-order valence-electron chi connectivity index (χ2n) is 10.4. The van der Waals surface area contributed by atoms with Gasteiger partial charge >= 0.3 is 5.97 Å². The number of carbonyl (C=O) groups excluding carboxylic acids is 1. The standard InChI is InChI=1S/C29H46O2/c1-22(2)31-29(30)16-12-7-6-11-15-27-24(4)21-25(5)28(27)20-18-23(3)17-19-26-13-9-8-10-14-26/h6,8-11,13-14,22-25,27-28H,7,12,15-21H2,1-5H3/b11-6-/t23-,24-,25+,27-,28-/m0/s1. The lowest BCUT2D eigenvalue weighted by molar-refractivity contribution is -0.147. The number of hydrogen-bond donors (Lipinski definition) is 0. The number of unbranched alkanes of at least 4 members (excludes halogenated alkanes) is 1. The van der Waals surface area contributed by atoms with E-state index in [-0.39, 0.29) is 12.1 Å². The van der Waals surface area contributed by atoms with Crippen molar-refractivity contribution in [1.82, 2.24) is 0 Å². The Kier molecular flexibility index (Phi) is 11.4. The molecule has 0 aromatic heterocycles. The first-order valence-electron chi connectivity index (χ1n) is 12.7. The van der Waals surface area contributed by atoms with E-state index in [2.05, 4.69) is 63.3 Å². The summed E-state index contributed by atoms with van der Waals surface area (Å²) in [5.41, 5.74) is 1.47. The zero-order chi connectivity index (χ0) is 22.6. The normalized spacial score (nSPS) is 24.7. The number of carbonyl (C=O) groups is 1. The minimum absolute atomic E-state index is 0.00752. The van der Waals surface area contributed by atoms with Crippen LogP contribution in [0.5, 0.6) is 0 Å². The lowest BCUT2D eigenvalue weighted by atomic mass is 9.80. The van der Waals surface area contributed by atoms with Gasteiger partial charge in [-0.1, -0.05) is 69.7 Å². The van der Waals surface area contributed by atoms with Crippen LogP contribution in [0, 0.1) is 29.6 Å². The average Bonchev–Trinajstić information content (AvgIpc) is 3.00. The fourth-order valence-corrected chi connectivity index (χ4v) is 5.42. The van der Waals surface area contributed by atoms with Crippen molar-refractivity contribution in [3.63, 3.8) is 0 Å². The Bertz CT molecular complexity index is 648. The fraction of sp³-hybridized carbons (Fsp3) is 0.690. The number of hydrogen-bond acceptors (Lipinski definition) is 2. The molecule has 2 rings (SSSR count). The maximum Gasteiger partial charge on any atom is 0.306 e. The van der Waals surface area contributed by atoms with Crippen LogP contribution in [0.2, 0.25) is 0 Å². The summed E-state index contributed by atoms with van der Waals surface area (Å²) in [6.45, 7) is 11.2. The molecule has 2 heteroatoms. The van der Waals surface area contributed by atoms with Crippen molar-refractivity contribution < 1.29 is 9.53 Å². The highest BCUT2D eigenvalue weighted by atomic mass is 16.5. The van der Waals surface area contributed by atoms with Crippen LogP contribution in [-0.2, 0) is 16.0 Å². The van der Waals surface area contributed by atoms with E-state index in [1.54, 1.807) is 0 Å². The van der Waals surface area contributed by atoms with E-state index in [0.29, 0.717) is 6.42 Å². The Balaban J connectivity index is 1.70. The van der Waals surface area contributed by atoms with Crippen molar-refractivity contribution in [2.45, 2.75) is 98.5 Å². The third kappa shape index (κ3) is 9.62. The topological polar surface area (TPSA) is 26.3 Å². The highest BCUT2D eigenvalue weighted by Crippen LogP contribution is 2.46. The summed E-state index contributed by atoms with van der Waals surface area (Å²) in [6, 6.07) is 10.9. The Hall–Kier alpha value is -1.57. The van der Waals surface area contributed by atoms with Crippen LogP contribution >= 0.6 is 0 Å². The van der Waals surface area contributed by atoms with Crippen LogP contribution in [0.25, 0.3) is 0 Å². The molecule has 31 heavy (non-hydrogen) atoms. The number of benzene rings is 1. The lowest BCUT2D eigenvalue weighted by Gasteiger charge is -2.25. The Morgan fingerprint density at radius 3 is 2.45 bits per heavy atom. The monoisotopic (exact) mass is 426 g/mol. The summed E-state index contributed by atoms with van der Waals surface area (Å²) >= 11 is 0. The lowest BCUT2D eigenvalue weighted by Crippen LogP contribution is -2.16. The van der Waals surface area contributed by atoms with Gasteiger partial charge in [0.25, 0.3) is 0 Å². The fourth-order valence-electron chi connectivity index (χ4n) is 5.42. The molecule has 0 bridgehead atoms. The maximum absolute atomic E-state index is 11.6. The number of ether oxygens (including phenoxy) is 1. The molecule has 0 heterocycles. The van der Waals surface area contributed by atoms with Crippen LogP contribution in [0.15, 0.2) is 42.5 Å². The number of esters is 1. The molecule has 1 aliphatic rings. The van der Waals surface area contributed by atoms with Crippen LogP contribution in [-0.4, -0.2) is 12.1 Å². The highest BCUT2D eigenvalue weighted by molar-refractivity contribution is 5.69. The smallest absolute Gasteiger partial charge is 0.306 e. The van der Waals surface area contributed by atoms with Gasteiger partial charge in [-0.05, 0) is 93.9 Å². The third-order valence-corrected chi connectivity index (χ3v) is 7.21. The van der Waals surface area contributed by atoms with Crippen molar-refractivity contribution in [2.75, 3.05) is 0 Å². The summed E-state index contributed by atoms with van der Waals surface area (Å²) in [5, 5.41) is 0. The van der Waals surface area contributed by atoms with Crippen molar-refractivity contribution >= 4 is 5.97 Å². The number of allylic oxidation sites excluding steroid dienone is 2. The van der Waals surface area contributed by atoms with Gasteiger partial charge in [0.2, 0.25) is 0 Å². The molecule has 0 saturated heterocycles. The molecule has 1 aromatic rings. The molecule has 0 amide bonds. The van der Waals surface area contributed by atoms with Gasteiger partial charge < -0.3 is 4.74 Å². The largest absolute Gasteiger partial charge is 0.463 e. The molecule has 5 atom stereocenters. The molecule has 0 spiro atoms. The summed E-state index contributed by atoms with van der Waals surface area (Å²) in [4.78, 5) is 11.6. The van der Waals surface area contributed by atoms with Crippen molar-refractivity contribution in [3.8, 4) is 0 Å². The minimum atomic E-state index is -0.0666. The molecular formula is C29H46O2. The van der Waals surface area contributed by atoms with Gasteiger partial charge in [-0.25, -0.2) is 0 Å². The number of aryl methyl sites for hydroxylation is 1. The average molecular weight is 427 g/mol. The SMILES string of the molecule is CC(C)OC(=O)CCC/C=C\C[C@@H]1[C@@H](CC[C@@H](C)CCc2ccccc2)[C@H](C)C[C@@H]1C. The Morgan fingerprint density at radius 1 is 1.03 bits per heavy atom. The predicted octanol–water partition coefficient (Wildman–Crippen LogP) is 8.01. The molecule has 1 aromatic carbocycles. The molecule has 0 N–H and O–H groups in total. The molecule has 174 valence electrons.